The zero-order valence-electron chi connectivity index (χ0n) is 14.0. The van der Waals surface area contributed by atoms with Crippen LogP contribution in [0.3, 0.4) is 0 Å². The van der Waals surface area contributed by atoms with E-state index in [1.54, 1.807) is 30.3 Å². The summed E-state index contributed by atoms with van der Waals surface area (Å²) >= 11 is 0. The first-order valence-electron chi connectivity index (χ1n) is 7.77. The number of hydrogen-bond acceptors (Lipinski definition) is 5. The Bertz CT molecular complexity index is 1020. The van der Waals surface area contributed by atoms with Crippen molar-refractivity contribution in [2.45, 2.75) is 19.0 Å². The number of benzene rings is 2. The zero-order chi connectivity index (χ0) is 19.6. The van der Waals surface area contributed by atoms with Crippen LogP contribution in [0.1, 0.15) is 33.2 Å². The lowest BCUT2D eigenvalue weighted by atomic mass is 9.96. The van der Waals surface area contributed by atoms with E-state index < -0.39 is 23.4 Å². The third-order valence-electron chi connectivity index (χ3n) is 3.90. The van der Waals surface area contributed by atoms with Gasteiger partial charge in [-0.2, -0.15) is 23.1 Å². The van der Waals surface area contributed by atoms with Crippen LogP contribution in [0.25, 0.3) is 5.69 Å². The maximum atomic E-state index is 12.9. The Balaban J connectivity index is 2.00. The van der Waals surface area contributed by atoms with Gasteiger partial charge in [-0.05, 0) is 41.6 Å². The van der Waals surface area contributed by atoms with Crippen molar-refractivity contribution < 1.29 is 18.0 Å². The number of carbonyl (C=O) groups is 1. The van der Waals surface area contributed by atoms with Gasteiger partial charge in [0.15, 0.2) is 17.5 Å². The number of halogens is 3. The van der Waals surface area contributed by atoms with Gasteiger partial charge in [-0.15, -0.1) is 5.10 Å². The summed E-state index contributed by atoms with van der Waals surface area (Å²) in [6, 6.07) is 12.7. The number of hydrogen-bond donors (Lipinski definition) is 0. The largest absolute Gasteiger partial charge is 0.416 e. The molecule has 3 rings (SSSR count). The van der Waals surface area contributed by atoms with Gasteiger partial charge in [-0.3, -0.25) is 4.79 Å². The van der Waals surface area contributed by atoms with E-state index in [0.29, 0.717) is 11.8 Å². The van der Waals surface area contributed by atoms with E-state index in [1.165, 1.54) is 10.7 Å². The summed E-state index contributed by atoms with van der Waals surface area (Å²) in [5.41, 5.74) is 0.306. The van der Waals surface area contributed by atoms with Crippen molar-refractivity contribution in [1.29, 1.82) is 5.26 Å². The van der Waals surface area contributed by atoms with Crippen LogP contribution in [-0.4, -0.2) is 26.0 Å². The third kappa shape index (κ3) is 3.69. The molecule has 1 atom stereocenters. The van der Waals surface area contributed by atoms with Gasteiger partial charge in [0, 0.05) is 5.56 Å². The van der Waals surface area contributed by atoms with Gasteiger partial charge >= 0.3 is 6.18 Å². The average Bonchev–Trinajstić information content (AvgIpc) is 3.12. The predicted octanol–water partition coefficient (Wildman–Crippen LogP) is 3.48. The highest BCUT2D eigenvalue weighted by atomic mass is 19.4. The quantitative estimate of drug-likeness (QED) is 0.656. The maximum Gasteiger partial charge on any atom is 0.416 e. The number of tetrazole rings is 1. The molecule has 0 aliphatic rings. The Morgan fingerprint density at radius 3 is 2.52 bits per heavy atom. The lowest BCUT2D eigenvalue weighted by molar-refractivity contribution is -0.137. The zero-order valence-corrected chi connectivity index (χ0v) is 14.0. The number of aromatic nitrogens is 4. The molecule has 0 bridgehead atoms. The second kappa shape index (κ2) is 6.99. The molecule has 2 aromatic carbocycles. The SMILES string of the molecule is Cc1ccc(-n2nnnc2[C@H](C#N)C(=O)c2cccc(C(F)(F)F)c2)cc1. The molecule has 0 fully saturated rings. The summed E-state index contributed by atoms with van der Waals surface area (Å²) in [6.45, 7) is 1.89. The number of Topliss-reactive ketones (excluding diaryl/α,β-unsaturated/α-hetero) is 1. The molecule has 0 saturated carbocycles. The lowest BCUT2D eigenvalue weighted by Crippen LogP contribution is -2.17. The average molecular weight is 371 g/mol. The molecule has 0 saturated heterocycles. The molecule has 27 heavy (non-hydrogen) atoms. The van der Waals surface area contributed by atoms with E-state index in [2.05, 4.69) is 15.5 Å². The van der Waals surface area contributed by atoms with Gasteiger partial charge in [0.05, 0.1) is 17.3 Å². The summed E-state index contributed by atoms with van der Waals surface area (Å²) in [6.07, 6.45) is -4.60. The van der Waals surface area contributed by atoms with Crippen molar-refractivity contribution in [3.8, 4) is 11.8 Å². The highest BCUT2D eigenvalue weighted by Gasteiger charge is 2.33. The number of aryl methyl sites for hydroxylation is 1. The van der Waals surface area contributed by atoms with Gasteiger partial charge in [-0.25, -0.2) is 0 Å². The van der Waals surface area contributed by atoms with Gasteiger partial charge in [-0.1, -0.05) is 29.8 Å². The van der Waals surface area contributed by atoms with Crippen molar-refractivity contribution in [1.82, 2.24) is 20.2 Å². The Kier molecular flexibility index (Phi) is 4.73. The van der Waals surface area contributed by atoms with Crippen LogP contribution in [0.5, 0.6) is 0 Å². The summed E-state index contributed by atoms with van der Waals surface area (Å²) < 4.78 is 39.9. The molecule has 0 spiro atoms. The van der Waals surface area contributed by atoms with Crippen LogP contribution in [0.4, 0.5) is 13.2 Å². The summed E-state index contributed by atoms with van der Waals surface area (Å²) in [7, 11) is 0. The molecule has 3 aromatic rings. The number of alkyl halides is 3. The van der Waals surface area contributed by atoms with E-state index in [0.717, 1.165) is 17.7 Å². The second-order valence-corrected chi connectivity index (χ2v) is 5.79. The third-order valence-corrected chi connectivity index (χ3v) is 3.90. The second-order valence-electron chi connectivity index (χ2n) is 5.79. The van der Waals surface area contributed by atoms with Crippen LogP contribution < -0.4 is 0 Å². The Labute approximate surface area is 151 Å². The number of nitrogens with zero attached hydrogens (tertiary/aromatic N) is 5. The van der Waals surface area contributed by atoms with E-state index in [1.807, 2.05) is 6.92 Å². The number of ketones is 1. The Morgan fingerprint density at radius 1 is 1.19 bits per heavy atom. The van der Waals surface area contributed by atoms with Gasteiger partial charge in [0.2, 0.25) is 0 Å². The van der Waals surface area contributed by atoms with Crippen LogP contribution in [0, 0.1) is 18.3 Å². The fourth-order valence-corrected chi connectivity index (χ4v) is 2.49. The Morgan fingerprint density at radius 2 is 1.89 bits per heavy atom. The smallest absolute Gasteiger partial charge is 0.292 e. The highest BCUT2D eigenvalue weighted by molar-refractivity contribution is 6.02. The van der Waals surface area contributed by atoms with E-state index in [-0.39, 0.29) is 11.4 Å². The van der Waals surface area contributed by atoms with Crippen LogP contribution in [0.15, 0.2) is 48.5 Å². The monoisotopic (exact) mass is 371 g/mol. The Hall–Kier alpha value is -3.54. The van der Waals surface area contributed by atoms with E-state index >= 15 is 0 Å². The normalized spacial score (nSPS) is 12.4. The molecule has 0 radical (unpaired) electrons. The van der Waals surface area contributed by atoms with Gasteiger partial charge in [0.25, 0.3) is 0 Å². The molecular weight excluding hydrogens is 359 g/mol. The molecule has 0 N–H and O–H groups in total. The molecule has 0 amide bonds. The topological polar surface area (TPSA) is 84.5 Å². The molecule has 9 heteroatoms. The molecular formula is C18H12F3N5O. The fourth-order valence-electron chi connectivity index (χ4n) is 2.49. The van der Waals surface area contributed by atoms with Crippen LogP contribution >= 0.6 is 0 Å². The number of carbonyl (C=O) groups excluding carboxylic acids is 1. The summed E-state index contributed by atoms with van der Waals surface area (Å²) in [4.78, 5) is 12.7. The number of nitriles is 1. The van der Waals surface area contributed by atoms with Gasteiger partial charge in [0.1, 0.15) is 0 Å². The summed E-state index contributed by atoms with van der Waals surface area (Å²) in [5, 5.41) is 20.5. The molecule has 0 unspecified atom stereocenters. The maximum absolute atomic E-state index is 12.9. The predicted molar refractivity (Wildman–Crippen MR) is 88.0 cm³/mol. The van der Waals surface area contributed by atoms with Crippen molar-refractivity contribution in [2.75, 3.05) is 0 Å². The molecule has 1 heterocycles. The highest BCUT2D eigenvalue weighted by Crippen LogP contribution is 2.30. The van der Waals surface area contributed by atoms with Crippen LogP contribution in [0.2, 0.25) is 0 Å². The molecule has 136 valence electrons. The first-order chi connectivity index (χ1) is 12.8. The van der Waals surface area contributed by atoms with Gasteiger partial charge < -0.3 is 0 Å². The van der Waals surface area contributed by atoms with E-state index in [4.69, 9.17) is 0 Å². The fraction of sp³-hybridized carbons (Fsp3) is 0.167. The summed E-state index contributed by atoms with van der Waals surface area (Å²) in [5.74, 6) is -2.33. The minimum absolute atomic E-state index is 0.0660. The van der Waals surface area contributed by atoms with Crippen molar-refractivity contribution in [2.24, 2.45) is 0 Å². The minimum atomic E-state index is -4.60. The lowest BCUT2D eigenvalue weighted by Gasteiger charge is -2.11. The first-order valence-corrected chi connectivity index (χ1v) is 7.77. The van der Waals surface area contributed by atoms with Crippen molar-refractivity contribution >= 4 is 5.78 Å². The number of rotatable bonds is 4. The van der Waals surface area contributed by atoms with E-state index in [9.17, 15) is 23.2 Å². The minimum Gasteiger partial charge on any atom is -0.292 e. The standard InChI is InChI=1S/C18H12F3N5O/c1-11-5-7-14(8-6-11)26-17(23-24-25-26)15(10-22)16(27)12-3-2-4-13(9-12)18(19,20)21/h2-9,15H,1H3/t15-/m1/s1. The van der Waals surface area contributed by atoms with Crippen LogP contribution in [-0.2, 0) is 6.18 Å². The molecule has 0 aliphatic carbocycles. The molecule has 0 aliphatic heterocycles. The molecule has 1 aromatic heterocycles. The van der Waals surface area contributed by atoms with Crippen molar-refractivity contribution in [3.63, 3.8) is 0 Å². The van der Waals surface area contributed by atoms with Crippen molar-refractivity contribution in [3.05, 3.63) is 71.0 Å². The molecule has 6 nitrogen and oxygen atoms in total. The first kappa shape index (κ1) is 18.3.